The molecule has 0 heterocycles. The van der Waals surface area contributed by atoms with Crippen molar-refractivity contribution in [3.8, 4) is 0 Å². The maximum atomic E-state index is 11.2. The van der Waals surface area contributed by atoms with Crippen LogP contribution in [0, 0.1) is 0 Å². The van der Waals surface area contributed by atoms with Gasteiger partial charge in [0, 0.05) is 6.08 Å². The molecule has 9 heteroatoms. The van der Waals surface area contributed by atoms with E-state index in [1.165, 1.54) is 0 Å². The first-order chi connectivity index (χ1) is 10.5. The van der Waals surface area contributed by atoms with Gasteiger partial charge in [-0.05, 0) is 0 Å². The molecule has 0 bridgehead atoms. The largest absolute Gasteiger partial charge is 0.508 e. The molecule has 0 aliphatic rings. The zero-order chi connectivity index (χ0) is 16.8. The number of hydrogen-bond donors (Lipinski definition) is 0. The van der Waals surface area contributed by atoms with Crippen molar-refractivity contribution in [3.63, 3.8) is 0 Å². The van der Waals surface area contributed by atoms with E-state index in [4.69, 9.17) is 9.47 Å². The Morgan fingerprint density at radius 2 is 1.27 bits per heavy atom. The number of ether oxygens (including phenoxy) is 5. The maximum Gasteiger partial charge on any atom is 0.508 e. The monoisotopic (exact) mass is 318 g/mol. The van der Waals surface area contributed by atoms with Crippen LogP contribution in [0.15, 0.2) is 12.7 Å². The molecule has 0 atom stereocenters. The zero-order valence-corrected chi connectivity index (χ0v) is 12.2. The highest BCUT2D eigenvalue weighted by Gasteiger charge is 2.10. The summed E-state index contributed by atoms with van der Waals surface area (Å²) < 4.78 is 22.7. The molecule has 0 saturated carbocycles. The molecule has 0 rings (SSSR count). The molecule has 9 nitrogen and oxygen atoms in total. The van der Waals surface area contributed by atoms with Crippen LogP contribution >= 0.6 is 0 Å². The van der Waals surface area contributed by atoms with Crippen molar-refractivity contribution in [2.75, 3.05) is 33.5 Å². The molecule has 0 aromatic rings. The highest BCUT2D eigenvalue weighted by Crippen LogP contribution is 1.96. The van der Waals surface area contributed by atoms with Gasteiger partial charge in [0.15, 0.2) is 0 Å². The van der Waals surface area contributed by atoms with Crippen molar-refractivity contribution in [2.45, 2.75) is 12.8 Å². The first-order valence-corrected chi connectivity index (χ1v) is 6.30. The highest BCUT2D eigenvalue weighted by molar-refractivity contribution is 5.81. The van der Waals surface area contributed by atoms with Crippen LogP contribution in [0.25, 0.3) is 0 Å². The minimum Gasteiger partial charge on any atom is -0.462 e. The summed E-state index contributed by atoms with van der Waals surface area (Å²) in [6.45, 7) is 2.72. The van der Waals surface area contributed by atoms with E-state index in [9.17, 15) is 19.2 Å². The number of methoxy groups -OCH3 is 1. The number of esters is 3. The molecule has 0 N–H and O–H groups in total. The minimum absolute atomic E-state index is 0.0914. The molecule has 22 heavy (non-hydrogen) atoms. The summed E-state index contributed by atoms with van der Waals surface area (Å²) in [5.41, 5.74) is 0. The summed E-state index contributed by atoms with van der Waals surface area (Å²) in [6, 6.07) is 0. The van der Waals surface area contributed by atoms with Crippen LogP contribution in [-0.4, -0.2) is 57.6 Å². The van der Waals surface area contributed by atoms with Crippen LogP contribution in [0.2, 0.25) is 0 Å². The fraction of sp³-hybridized carbons (Fsp3) is 0.538. The molecule has 0 aliphatic heterocycles. The second kappa shape index (κ2) is 12.2. The zero-order valence-electron chi connectivity index (χ0n) is 12.2. The molecule has 0 aromatic carbocycles. The van der Waals surface area contributed by atoms with Crippen LogP contribution in [0.1, 0.15) is 12.8 Å². The molecule has 0 aliphatic carbocycles. The minimum atomic E-state index is -0.878. The van der Waals surface area contributed by atoms with Crippen molar-refractivity contribution in [3.05, 3.63) is 12.7 Å². The van der Waals surface area contributed by atoms with Crippen LogP contribution in [-0.2, 0) is 38.1 Å². The molecular formula is C13H18O9. The van der Waals surface area contributed by atoms with E-state index >= 15 is 0 Å². The summed E-state index contributed by atoms with van der Waals surface area (Å²) in [5.74, 6) is -1.88. The van der Waals surface area contributed by atoms with Gasteiger partial charge in [-0.1, -0.05) is 6.58 Å². The van der Waals surface area contributed by atoms with Gasteiger partial charge in [0.1, 0.15) is 26.4 Å². The van der Waals surface area contributed by atoms with Crippen LogP contribution in [0.3, 0.4) is 0 Å². The predicted octanol–water partition coefficient (Wildman–Crippen LogP) is 0.365. The van der Waals surface area contributed by atoms with Crippen molar-refractivity contribution >= 4 is 24.1 Å². The summed E-state index contributed by atoms with van der Waals surface area (Å²) in [6.07, 6.45) is -0.242. The Labute approximate surface area is 127 Å². The van der Waals surface area contributed by atoms with Crippen LogP contribution in [0.4, 0.5) is 4.79 Å². The average Bonchev–Trinajstić information content (AvgIpc) is 2.52. The van der Waals surface area contributed by atoms with Gasteiger partial charge in [0.25, 0.3) is 0 Å². The third kappa shape index (κ3) is 11.3. The van der Waals surface area contributed by atoms with Gasteiger partial charge in [-0.2, -0.15) is 0 Å². The first-order valence-electron chi connectivity index (χ1n) is 6.30. The van der Waals surface area contributed by atoms with E-state index in [0.29, 0.717) is 0 Å². The summed E-state index contributed by atoms with van der Waals surface area (Å²) in [4.78, 5) is 43.7. The highest BCUT2D eigenvalue weighted by atomic mass is 16.7. The van der Waals surface area contributed by atoms with Gasteiger partial charge < -0.3 is 23.7 Å². The molecule has 0 unspecified atom stereocenters. The third-order valence-electron chi connectivity index (χ3n) is 2.02. The second-order valence-corrected chi connectivity index (χ2v) is 3.62. The lowest BCUT2D eigenvalue weighted by Crippen LogP contribution is -2.16. The second-order valence-electron chi connectivity index (χ2n) is 3.62. The molecule has 0 fully saturated rings. The molecule has 0 spiro atoms. The lowest BCUT2D eigenvalue weighted by molar-refractivity contribution is -0.153. The van der Waals surface area contributed by atoms with Crippen molar-refractivity contribution in [1.82, 2.24) is 0 Å². The van der Waals surface area contributed by atoms with Gasteiger partial charge >= 0.3 is 24.1 Å². The van der Waals surface area contributed by atoms with E-state index in [1.807, 2.05) is 0 Å². The maximum absolute atomic E-state index is 11.2. The fourth-order valence-electron chi connectivity index (χ4n) is 1.04. The Kier molecular flexibility index (Phi) is 10.8. The quantitative estimate of drug-likeness (QED) is 0.244. The number of rotatable bonds is 10. The van der Waals surface area contributed by atoms with Crippen molar-refractivity contribution in [2.24, 2.45) is 0 Å². The Morgan fingerprint density at radius 3 is 1.73 bits per heavy atom. The van der Waals surface area contributed by atoms with E-state index in [-0.39, 0.29) is 39.3 Å². The number of carbonyl (C=O) groups excluding carboxylic acids is 4. The summed E-state index contributed by atoms with van der Waals surface area (Å²) >= 11 is 0. The lowest BCUT2D eigenvalue weighted by atomic mass is 10.3. The smallest absolute Gasteiger partial charge is 0.462 e. The van der Waals surface area contributed by atoms with E-state index in [0.717, 1.165) is 13.2 Å². The van der Waals surface area contributed by atoms with Gasteiger partial charge in [-0.25, -0.2) is 9.59 Å². The van der Waals surface area contributed by atoms with Gasteiger partial charge in [-0.3, -0.25) is 9.59 Å². The predicted molar refractivity (Wildman–Crippen MR) is 70.7 cm³/mol. The lowest BCUT2D eigenvalue weighted by Gasteiger charge is -2.06. The molecular weight excluding hydrogens is 300 g/mol. The van der Waals surface area contributed by atoms with Crippen molar-refractivity contribution < 1.29 is 42.9 Å². The molecule has 0 radical (unpaired) electrons. The molecule has 124 valence electrons. The van der Waals surface area contributed by atoms with Crippen molar-refractivity contribution in [1.29, 1.82) is 0 Å². The molecule has 0 aromatic heterocycles. The normalized spacial score (nSPS) is 9.32. The first kappa shape index (κ1) is 19.4. The molecule has 0 saturated heterocycles. The SMILES string of the molecule is C=CC(=O)OCCOC(=O)CCC(=O)OCCOC(=O)OC. The standard InChI is InChI=1S/C13H18O9/c1-3-10(14)19-6-7-20-11(15)4-5-12(16)21-8-9-22-13(17)18-2/h3H,1,4-9H2,2H3. The average molecular weight is 318 g/mol. The topological polar surface area (TPSA) is 114 Å². The Hall–Kier alpha value is -2.58. The fourth-order valence-corrected chi connectivity index (χ4v) is 1.04. The van der Waals surface area contributed by atoms with Gasteiger partial charge in [0.2, 0.25) is 0 Å². The van der Waals surface area contributed by atoms with E-state index < -0.39 is 24.1 Å². The van der Waals surface area contributed by atoms with E-state index in [1.54, 1.807) is 0 Å². The van der Waals surface area contributed by atoms with Gasteiger partial charge in [-0.15, -0.1) is 0 Å². The summed E-state index contributed by atoms with van der Waals surface area (Å²) in [7, 11) is 1.15. The van der Waals surface area contributed by atoms with E-state index in [2.05, 4.69) is 20.8 Å². The number of hydrogen-bond acceptors (Lipinski definition) is 9. The van der Waals surface area contributed by atoms with Gasteiger partial charge in [0.05, 0.1) is 20.0 Å². The number of carbonyl (C=O) groups is 4. The third-order valence-corrected chi connectivity index (χ3v) is 2.02. The van der Waals surface area contributed by atoms with Crippen LogP contribution in [0.5, 0.6) is 0 Å². The Bertz CT molecular complexity index is 402. The Balaban J connectivity index is 3.56. The Morgan fingerprint density at radius 1 is 0.818 bits per heavy atom. The van der Waals surface area contributed by atoms with Crippen LogP contribution < -0.4 is 0 Å². The molecule has 0 amide bonds. The summed E-state index contributed by atoms with van der Waals surface area (Å²) in [5, 5.41) is 0.